The van der Waals surface area contributed by atoms with Gasteiger partial charge in [-0.25, -0.2) is 13.1 Å². The molecule has 0 fully saturated rings. The molecule has 0 saturated heterocycles. The Morgan fingerprint density at radius 1 is 1.45 bits per heavy atom. The number of amides is 1. The highest BCUT2D eigenvalue weighted by Gasteiger charge is 2.17. The van der Waals surface area contributed by atoms with Crippen molar-refractivity contribution in [1.82, 2.24) is 10.0 Å². The summed E-state index contributed by atoms with van der Waals surface area (Å²) in [5.74, 6) is -0.197. The lowest BCUT2D eigenvalue weighted by Gasteiger charge is -2.08. The van der Waals surface area contributed by atoms with Crippen LogP contribution in [0.5, 0.6) is 0 Å². The van der Waals surface area contributed by atoms with E-state index < -0.39 is 10.0 Å². The topological polar surface area (TPSA) is 101 Å². The third-order valence-corrected chi connectivity index (χ3v) is 5.60. The van der Waals surface area contributed by atoms with E-state index in [1.807, 2.05) is 13.8 Å². The summed E-state index contributed by atoms with van der Waals surface area (Å²) in [6.45, 7) is 3.72. The molecule has 4 N–H and O–H groups in total. The zero-order valence-corrected chi connectivity index (χ0v) is 13.6. The molecular weight excluding hydrogens is 318 g/mol. The van der Waals surface area contributed by atoms with Gasteiger partial charge in [0.2, 0.25) is 15.9 Å². The van der Waals surface area contributed by atoms with Gasteiger partial charge in [0, 0.05) is 19.0 Å². The Morgan fingerprint density at radius 2 is 2.10 bits per heavy atom. The third kappa shape index (κ3) is 5.16. The number of nitrogens with one attached hydrogen (secondary N) is 2. The molecule has 0 unspecified atom stereocenters. The van der Waals surface area contributed by atoms with E-state index in [-0.39, 0.29) is 34.1 Å². The summed E-state index contributed by atoms with van der Waals surface area (Å²) in [5.41, 5.74) is 5.43. The molecule has 1 heterocycles. The molecule has 0 atom stereocenters. The van der Waals surface area contributed by atoms with E-state index in [2.05, 4.69) is 10.0 Å². The summed E-state index contributed by atoms with van der Waals surface area (Å²) in [7, 11) is -3.62. The van der Waals surface area contributed by atoms with Crippen molar-refractivity contribution >= 4 is 44.5 Å². The third-order valence-electron chi connectivity index (χ3n) is 2.18. The molecule has 9 heteroatoms. The summed E-state index contributed by atoms with van der Waals surface area (Å²) in [6, 6.07) is 3.03. The molecule has 0 spiro atoms. The van der Waals surface area contributed by atoms with E-state index in [9.17, 15) is 13.2 Å². The molecule has 20 heavy (non-hydrogen) atoms. The fraction of sp³-hybridized carbons (Fsp3) is 0.455. The molecule has 1 aromatic rings. The lowest BCUT2D eigenvalue weighted by atomic mass is 10.3. The SMILES string of the molecule is CC(C)NC(=O)CCNS(=O)(=O)c1ccc(C(N)=S)s1. The number of carbonyl (C=O) groups excluding carboxylic acids is 1. The van der Waals surface area contributed by atoms with Crippen molar-refractivity contribution in [2.24, 2.45) is 5.73 Å². The molecule has 0 bridgehead atoms. The molecule has 0 aliphatic heterocycles. The summed E-state index contributed by atoms with van der Waals surface area (Å²) in [5, 5.41) is 2.68. The molecule has 0 aliphatic carbocycles. The van der Waals surface area contributed by atoms with Gasteiger partial charge in [-0.2, -0.15) is 0 Å². The van der Waals surface area contributed by atoms with E-state index in [4.69, 9.17) is 18.0 Å². The number of carbonyl (C=O) groups is 1. The number of rotatable bonds is 7. The van der Waals surface area contributed by atoms with E-state index >= 15 is 0 Å². The normalized spacial score (nSPS) is 11.6. The van der Waals surface area contributed by atoms with Crippen LogP contribution in [0, 0.1) is 0 Å². The van der Waals surface area contributed by atoms with Crippen molar-refractivity contribution in [1.29, 1.82) is 0 Å². The highest BCUT2D eigenvalue weighted by Crippen LogP contribution is 2.21. The number of hydrogen-bond acceptors (Lipinski definition) is 5. The van der Waals surface area contributed by atoms with E-state index in [1.54, 1.807) is 6.07 Å². The first-order valence-corrected chi connectivity index (χ1v) is 8.62. The highest BCUT2D eigenvalue weighted by molar-refractivity contribution is 7.91. The largest absolute Gasteiger partial charge is 0.389 e. The smallest absolute Gasteiger partial charge is 0.250 e. The molecule has 0 aromatic carbocycles. The number of sulfonamides is 1. The first kappa shape index (κ1) is 17.0. The van der Waals surface area contributed by atoms with Crippen LogP contribution in [0.15, 0.2) is 16.3 Å². The first-order chi connectivity index (χ1) is 9.22. The van der Waals surface area contributed by atoms with Crippen LogP contribution < -0.4 is 15.8 Å². The minimum Gasteiger partial charge on any atom is -0.389 e. The summed E-state index contributed by atoms with van der Waals surface area (Å²) >= 11 is 5.78. The van der Waals surface area contributed by atoms with Crippen molar-refractivity contribution in [2.45, 2.75) is 30.5 Å². The number of thiophene rings is 1. The van der Waals surface area contributed by atoms with E-state index in [0.717, 1.165) is 11.3 Å². The fourth-order valence-corrected chi connectivity index (χ4v) is 3.79. The quantitative estimate of drug-likeness (QED) is 0.633. The summed E-state index contributed by atoms with van der Waals surface area (Å²) in [4.78, 5) is 12.1. The molecule has 1 amide bonds. The van der Waals surface area contributed by atoms with Gasteiger partial charge in [-0.15, -0.1) is 11.3 Å². The van der Waals surface area contributed by atoms with Crippen LogP contribution in [0.2, 0.25) is 0 Å². The van der Waals surface area contributed by atoms with Crippen LogP contribution in [-0.2, 0) is 14.8 Å². The Labute approximate surface area is 127 Å². The number of thiocarbonyl (C=S) groups is 1. The lowest BCUT2D eigenvalue weighted by Crippen LogP contribution is -2.33. The van der Waals surface area contributed by atoms with Gasteiger partial charge in [-0.05, 0) is 26.0 Å². The minimum atomic E-state index is -3.62. The number of nitrogens with two attached hydrogens (primary N) is 1. The molecule has 0 radical (unpaired) electrons. The zero-order valence-electron chi connectivity index (χ0n) is 11.2. The average molecular weight is 335 g/mol. The number of hydrogen-bond donors (Lipinski definition) is 3. The second-order valence-electron chi connectivity index (χ2n) is 4.35. The van der Waals surface area contributed by atoms with E-state index in [0.29, 0.717) is 4.88 Å². The van der Waals surface area contributed by atoms with Crippen molar-refractivity contribution in [3.8, 4) is 0 Å². The zero-order chi connectivity index (χ0) is 15.3. The van der Waals surface area contributed by atoms with Crippen LogP contribution in [0.1, 0.15) is 25.1 Å². The maximum atomic E-state index is 12.0. The van der Waals surface area contributed by atoms with Crippen LogP contribution in [0.25, 0.3) is 0 Å². The average Bonchev–Trinajstić information content (AvgIpc) is 2.77. The maximum Gasteiger partial charge on any atom is 0.250 e. The lowest BCUT2D eigenvalue weighted by molar-refractivity contribution is -0.121. The van der Waals surface area contributed by atoms with Crippen LogP contribution in [0.4, 0.5) is 0 Å². The van der Waals surface area contributed by atoms with Gasteiger partial charge in [0.1, 0.15) is 9.20 Å². The second-order valence-corrected chi connectivity index (χ2v) is 7.87. The highest BCUT2D eigenvalue weighted by atomic mass is 32.2. The second kappa shape index (κ2) is 7.11. The van der Waals surface area contributed by atoms with Gasteiger partial charge in [0.05, 0.1) is 4.88 Å². The Kier molecular flexibility index (Phi) is 6.06. The first-order valence-electron chi connectivity index (χ1n) is 5.91. The van der Waals surface area contributed by atoms with Crippen molar-refractivity contribution in [3.63, 3.8) is 0 Å². The monoisotopic (exact) mass is 335 g/mol. The fourth-order valence-electron chi connectivity index (χ4n) is 1.36. The van der Waals surface area contributed by atoms with Crippen molar-refractivity contribution in [3.05, 3.63) is 17.0 Å². The van der Waals surface area contributed by atoms with Gasteiger partial charge < -0.3 is 11.1 Å². The van der Waals surface area contributed by atoms with Crippen LogP contribution in [0.3, 0.4) is 0 Å². The van der Waals surface area contributed by atoms with Gasteiger partial charge in [-0.1, -0.05) is 12.2 Å². The standard InChI is InChI=1S/C11H17N3O3S3/c1-7(2)14-9(15)5-6-13-20(16,17)10-4-3-8(19-10)11(12)18/h3-4,7,13H,5-6H2,1-2H3,(H2,12,18)(H,14,15). The minimum absolute atomic E-state index is 0.0320. The Balaban J connectivity index is 2.57. The summed E-state index contributed by atoms with van der Waals surface area (Å²) < 4.78 is 26.4. The van der Waals surface area contributed by atoms with Gasteiger partial charge in [0.25, 0.3) is 0 Å². The Bertz CT molecular complexity index is 593. The maximum absolute atomic E-state index is 12.0. The Hall–Kier alpha value is -1.03. The Morgan fingerprint density at radius 3 is 2.60 bits per heavy atom. The van der Waals surface area contributed by atoms with Crippen LogP contribution >= 0.6 is 23.6 Å². The van der Waals surface area contributed by atoms with Crippen molar-refractivity contribution < 1.29 is 13.2 Å². The molecule has 6 nitrogen and oxygen atoms in total. The van der Waals surface area contributed by atoms with E-state index in [1.165, 1.54) is 6.07 Å². The van der Waals surface area contributed by atoms with Gasteiger partial charge in [0.15, 0.2) is 0 Å². The predicted molar refractivity (Wildman–Crippen MR) is 83.3 cm³/mol. The summed E-state index contributed by atoms with van der Waals surface area (Å²) in [6.07, 6.45) is 0.0882. The molecule has 1 aromatic heterocycles. The molecular formula is C11H17N3O3S3. The molecule has 0 aliphatic rings. The van der Waals surface area contributed by atoms with Crippen molar-refractivity contribution in [2.75, 3.05) is 6.54 Å². The molecule has 112 valence electrons. The predicted octanol–water partition coefficient (Wildman–Crippen LogP) is 0.575. The van der Waals surface area contributed by atoms with Gasteiger partial charge in [-0.3, -0.25) is 4.79 Å². The molecule has 0 saturated carbocycles. The van der Waals surface area contributed by atoms with Crippen LogP contribution in [-0.4, -0.2) is 31.9 Å². The molecule has 1 rings (SSSR count). The van der Waals surface area contributed by atoms with Gasteiger partial charge >= 0.3 is 0 Å².